The number of aryl methyl sites for hydroxylation is 1. The van der Waals surface area contributed by atoms with Crippen LogP contribution in [0.15, 0.2) is 16.7 Å². The first kappa shape index (κ1) is 13.5. The predicted molar refractivity (Wildman–Crippen MR) is 62.9 cm³/mol. The van der Waals surface area contributed by atoms with Gasteiger partial charge in [-0.3, -0.25) is 0 Å². The highest BCUT2D eigenvalue weighted by molar-refractivity contribution is 6.33. The highest BCUT2D eigenvalue weighted by atomic mass is 35.5. The molecule has 100 valence electrons. The van der Waals surface area contributed by atoms with Crippen molar-refractivity contribution in [2.24, 2.45) is 0 Å². The maximum atomic E-state index is 13.8. The summed E-state index contributed by atoms with van der Waals surface area (Å²) in [5, 5.41) is 3.37. The SMILES string of the molecule is COC(=O)c1c(-c2c(F)cc(F)cc2Cl)noc1C. The highest BCUT2D eigenvalue weighted by Crippen LogP contribution is 2.34. The maximum Gasteiger partial charge on any atom is 0.343 e. The van der Waals surface area contributed by atoms with Crippen molar-refractivity contribution in [2.75, 3.05) is 7.11 Å². The van der Waals surface area contributed by atoms with Crippen LogP contribution in [-0.2, 0) is 4.74 Å². The number of methoxy groups -OCH3 is 1. The number of rotatable bonds is 2. The predicted octanol–water partition coefficient (Wildman–Crippen LogP) is 3.37. The lowest BCUT2D eigenvalue weighted by molar-refractivity contribution is 0.0599. The first-order valence-corrected chi connectivity index (χ1v) is 5.53. The number of nitrogens with zero attached hydrogens (tertiary/aromatic N) is 1. The van der Waals surface area contributed by atoms with Crippen molar-refractivity contribution in [2.45, 2.75) is 6.92 Å². The quantitative estimate of drug-likeness (QED) is 0.795. The monoisotopic (exact) mass is 287 g/mol. The zero-order chi connectivity index (χ0) is 14.2. The lowest BCUT2D eigenvalue weighted by Gasteiger charge is -2.05. The summed E-state index contributed by atoms with van der Waals surface area (Å²) >= 11 is 5.78. The first-order valence-electron chi connectivity index (χ1n) is 5.15. The molecule has 1 heterocycles. The summed E-state index contributed by atoms with van der Waals surface area (Å²) in [6.07, 6.45) is 0. The lowest BCUT2D eigenvalue weighted by atomic mass is 10.1. The minimum atomic E-state index is -0.941. The number of aromatic nitrogens is 1. The molecule has 2 rings (SSSR count). The van der Waals surface area contributed by atoms with Gasteiger partial charge in [0.1, 0.15) is 28.7 Å². The molecular weight excluding hydrogens is 280 g/mol. The van der Waals surface area contributed by atoms with Gasteiger partial charge in [0.25, 0.3) is 0 Å². The zero-order valence-electron chi connectivity index (χ0n) is 9.96. The van der Waals surface area contributed by atoms with Crippen molar-refractivity contribution in [3.05, 3.63) is 40.1 Å². The van der Waals surface area contributed by atoms with E-state index in [1.807, 2.05) is 0 Å². The molecule has 2 aromatic rings. The van der Waals surface area contributed by atoms with Crippen LogP contribution in [0.4, 0.5) is 8.78 Å². The van der Waals surface area contributed by atoms with Gasteiger partial charge in [0, 0.05) is 6.07 Å². The molecule has 0 saturated carbocycles. The van der Waals surface area contributed by atoms with E-state index in [4.69, 9.17) is 16.1 Å². The fourth-order valence-corrected chi connectivity index (χ4v) is 1.94. The molecule has 0 atom stereocenters. The van der Waals surface area contributed by atoms with Gasteiger partial charge < -0.3 is 9.26 Å². The van der Waals surface area contributed by atoms with Gasteiger partial charge in [-0.2, -0.15) is 0 Å². The molecule has 19 heavy (non-hydrogen) atoms. The lowest BCUT2D eigenvalue weighted by Crippen LogP contribution is -2.04. The Morgan fingerprint density at radius 3 is 2.68 bits per heavy atom. The van der Waals surface area contributed by atoms with E-state index < -0.39 is 17.6 Å². The Morgan fingerprint density at radius 1 is 1.42 bits per heavy atom. The van der Waals surface area contributed by atoms with Crippen LogP contribution in [0.25, 0.3) is 11.3 Å². The average Bonchev–Trinajstić information content (AvgIpc) is 2.69. The molecule has 0 radical (unpaired) electrons. The van der Waals surface area contributed by atoms with Crippen LogP contribution in [0.1, 0.15) is 16.1 Å². The minimum absolute atomic E-state index is 0.0464. The minimum Gasteiger partial charge on any atom is -0.465 e. The summed E-state index contributed by atoms with van der Waals surface area (Å²) in [4.78, 5) is 11.6. The molecule has 0 N–H and O–H groups in total. The van der Waals surface area contributed by atoms with Gasteiger partial charge in [0.2, 0.25) is 0 Å². The summed E-state index contributed by atoms with van der Waals surface area (Å²) in [6, 6.07) is 1.57. The van der Waals surface area contributed by atoms with Crippen molar-refractivity contribution in [3.8, 4) is 11.3 Å². The van der Waals surface area contributed by atoms with Gasteiger partial charge >= 0.3 is 5.97 Å². The van der Waals surface area contributed by atoms with Gasteiger partial charge in [-0.1, -0.05) is 16.8 Å². The van der Waals surface area contributed by atoms with E-state index >= 15 is 0 Å². The van der Waals surface area contributed by atoms with Gasteiger partial charge in [0.15, 0.2) is 0 Å². The Morgan fingerprint density at radius 2 is 2.11 bits per heavy atom. The molecule has 1 aromatic carbocycles. The van der Waals surface area contributed by atoms with Gasteiger partial charge in [-0.25, -0.2) is 13.6 Å². The van der Waals surface area contributed by atoms with Crippen molar-refractivity contribution in [3.63, 3.8) is 0 Å². The van der Waals surface area contributed by atoms with Crippen LogP contribution in [0.5, 0.6) is 0 Å². The molecule has 0 unspecified atom stereocenters. The number of hydrogen-bond acceptors (Lipinski definition) is 4. The number of carbonyl (C=O) groups excluding carboxylic acids is 1. The number of benzene rings is 1. The van der Waals surface area contributed by atoms with Gasteiger partial charge in [-0.05, 0) is 13.0 Å². The molecule has 0 amide bonds. The Hall–Kier alpha value is -1.95. The van der Waals surface area contributed by atoms with Crippen LogP contribution in [0.3, 0.4) is 0 Å². The standard InChI is InChI=1S/C12H8ClF2NO3/c1-5-9(12(17)18-2)11(16-19-5)10-7(13)3-6(14)4-8(10)15/h3-4H,1-2H3. The normalized spacial score (nSPS) is 10.6. The third-order valence-electron chi connectivity index (χ3n) is 2.50. The summed E-state index contributed by atoms with van der Waals surface area (Å²) < 4.78 is 36.2. The summed E-state index contributed by atoms with van der Waals surface area (Å²) in [5.74, 6) is -2.36. The van der Waals surface area contributed by atoms with E-state index in [9.17, 15) is 13.6 Å². The van der Waals surface area contributed by atoms with Crippen LogP contribution in [-0.4, -0.2) is 18.2 Å². The highest BCUT2D eigenvalue weighted by Gasteiger charge is 2.26. The summed E-state index contributed by atoms with van der Waals surface area (Å²) in [5.41, 5.74) is -0.373. The van der Waals surface area contributed by atoms with E-state index in [2.05, 4.69) is 9.89 Å². The summed E-state index contributed by atoms with van der Waals surface area (Å²) in [7, 11) is 1.17. The Labute approximate surface area is 111 Å². The average molecular weight is 288 g/mol. The van der Waals surface area contributed by atoms with Crippen LogP contribution >= 0.6 is 11.6 Å². The van der Waals surface area contributed by atoms with Crippen LogP contribution < -0.4 is 0 Å². The van der Waals surface area contributed by atoms with Crippen molar-refractivity contribution < 1.29 is 22.8 Å². The molecule has 1 aromatic heterocycles. The van der Waals surface area contributed by atoms with E-state index in [0.29, 0.717) is 6.07 Å². The van der Waals surface area contributed by atoms with E-state index in [-0.39, 0.29) is 27.6 Å². The number of carbonyl (C=O) groups is 1. The fraction of sp³-hybridized carbons (Fsp3) is 0.167. The molecular formula is C12H8ClF2NO3. The molecule has 0 aliphatic heterocycles. The topological polar surface area (TPSA) is 52.3 Å². The number of hydrogen-bond donors (Lipinski definition) is 0. The van der Waals surface area contributed by atoms with Crippen molar-refractivity contribution in [1.29, 1.82) is 0 Å². The molecule has 0 fully saturated rings. The third-order valence-corrected chi connectivity index (χ3v) is 2.79. The molecule has 7 heteroatoms. The fourth-order valence-electron chi connectivity index (χ4n) is 1.65. The largest absolute Gasteiger partial charge is 0.465 e. The van der Waals surface area contributed by atoms with E-state index in [1.165, 1.54) is 14.0 Å². The van der Waals surface area contributed by atoms with E-state index in [0.717, 1.165) is 6.07 Å². The molecule has 0 aliphatic carbocycles. The zero-order valence-corrected chi connectivity index (χ0v) is 10.7. The second-order valence-corrected chi connectivity index (χ2v) is 4.11. The van der Waals surface area contributed by atoms with Crippen molar-refractivity contribution in [1.82, 2.24) is 5.16 Å². The van der Waals surface area contributed by atoms with Crippen LogP contribution in [0.2, 0.25) is 5.02 Å². The summed E-state index contributed by atoms with van der Waals surface area (Å²) in [6.45, 7) is 1.47. The Balaban J connectivity index is 2.70. The second kappa shape index (κ2) is 4.97. The second-order valence-electron chi connectivity index (χ2n) is 3.70. The molecule has 0 spiro atoms. The molecule has 4 nitrogen and oxygen atoms in total. The number of ether oxygens (including phenoxy) is 1. The smallest absolute Gasteiger partial charge is 0.343 e. The number of esters is 1. The molecule has 0 aliphatic rings. The van der Waals surface area contributed by atoms with Gasteiger partial charge in [0.05, 0.1) is 17.7 Å². The Bertz CT molecular complexity index is 631. The van der Waals surface area contributed by atoms with Crippen molar-refractivity contribution >= 4 is 17.6 Å². The maximum absolute atomic E-state index is 13.8. The number of halogens is 3. The Kier molecular flexibility index (Phi) is 3.53. The first-order chi connectivity index (χ1) is 8.95. The van der Waals surface area contributed by atoms with E-state index in [1.54, 1.807) is 0 Å². The molecule has 0 bridgehead atoms. The van der Waals surface area contributed by atoms with Gasteiger partial charge in [-0.15, -0.1) is 0 Å². The molecule has 0 saturated heterocycles. The third kappa shape index (κ3) is 2.31. The van der Waals surface area contributed by atoms with Crippen LogP contribution in [0, 0.1) is 18.6 Å².